The van der Waals surface area contributed by atoms with E-state index in [2.05, 4.69) is 59.4 Å². The molecule has 0 aliphatic carbocycles. The van der Waals surface area contributed by atoms with E-state index in [-0.39, 0.29) is 0 Å². The van der Waals surface area contributed by atoms with Crippen LogP contribution < -0.4 is 5.32 Å². The van der Waals surface area contributed by atoms with Crippen LogP contribution in [0.1, 0.15) is 34.7 Å². The molecule has 116 valence electrons. The van der Waals surface area contributed by atoms with Gasteiger partial charge >= 0.3 is 0 Å². The van der Waals surface area contributed by atoms with E-state index in [0.717, 1.165) is 26.2 Å². The van der Waals surface area contributed by atoms with Crippen LogP contribution in [0.4, 0.5) is 0 Å². The number of benzene rings is 1. The standard InChI is InChI=1S/C19H25N3/c1-15-12-16(2)14-18(13-15)19(17-4-7-21-8-5-17)22-10-3-6-20-9-11-22/h4-5,7-8,12-14,19-20H,3,6,9-11H2,1-2H3. The van der Waals surface area contributed by atoms with Crippen LogP contribution in [0.2, 0.25) is 0 Å². The van der Waals surface area contributed by atoms with Gasteiger partial charge in [0.25, 0.3) is 0 Å². The Bertz CT molecular complexity index is 581. The minimum absolute atomic E-state index is 0.321. The molecule has 1 saturated heterocycles. The predicted molar refractivity (Wildman–Crippen MR) is 91.1 cm³/mol. The Hall–Kier alpha value is -1.71. The van der Waals surface area contributed by atoms with Gasteiger partial charge in [-0.25, -0.2) is 0 Å². The molecule has 1 unspecified atom stereocenters. The van der Waals surface area contributed by atoms with Crippen molar-refractivity contribution in [2.75, 3.05) is 26.2 Å². The van der Waals surface area contributed by atoms with E-state index in [4.69, 9.17) is 0 Å². The zero-order chi connectivity index (χ0) is 15.4. The summed E-state index contributed by atoms with van der Waals surface area (Å²) in [6.45, 7) is 8.76. The Balaban J connectivity index is 2.01. The zero-order valence-electron chi connectivity index (χ0n) is 13.5. The second-order valence-corrected chi connectivity index (χ2v) is 6.24. The summed E-state index contributed by atoms with van der Waals surface area (Å²) in [7, 11) is 0. The van der Waals surface area contributed by atoms with Gasteiger partial charge in [0, 0.05) is 32.0 Å². The SMILES string of the molecule is Cc1cc(C)cc(C(c2ccncc2)N2CCCNCC2)c1. The second kappa shape index (κ2) is 7.03. The van der Waals surface area contributed by atoms with Crippen LogP contribution in [0.5, 0.6) is 0 Å². The third-order valence-electron chi connectivity index (χ3n) is 4.32. The number of aromatic nitrogens is 1. The van der Waals surface area contributed by atoms with Crippen molar-refractivity contribution in [1.29, 1.82) is 0 Å². The third kappa shape index (κ3) is 3.54. The van der Waals surface area contributed by atoms with Gasteiger partial charge in [-0.2, -0.15) is 0 Å². The van der Waals surface area contributed by atoms with Crippen molar-refractivity contribution in [3.8, 4) is 0 Å². The van der Waals surface area contributed by atoms with Gasteiger partial charge in [-0.3, -0.25) is 9.88 Å². The maximum atomic E-state index is 4.19. The van der Waals surface area contributed by atoms with Crippen molar-refractivity contribution >= 4 is 0 Å². The molecule has 0 radical (unpaired) electrons. The Labute approximate surface area is 133 Å². The molecule has 0 spiro atoms. The zero-order valence-corrected chi connectivity index (χ0v) is 13.5. The summed E-state index contributed by atoms with van der Waals surface area (Å²) in [5.41, 5.74) is 5.40. The highest BCUT2D eigenvalue weighted by Gasteiger charge is 2.23. The fourth-order valence-corrected chi connectivity index (χ4v) is 3.45. The number of pyridine rings is 1. The maximum Gasteiger partial charge on any atom is 0.0603 e. The highest BCUT2D eigenvalue weighted by molar-refractivity contribution is 5.36. The number of nitrogens with zero attached hydrogens (tertiary/aromatic N) is 2. The van der Waals surface area contributed by atoms with Crippen molar-refractivity contribution in [3.63, 3.8) is 0 Å². The highest BCUT2D eigenvalue weighted by Crippen LogP contribution is 2.30. The molecule has 3 rings (SSSR count). The Morgan fingerprint density at radius 2 is 1.68 bits per heavy atom. The number of hydrogen-bond donors (Lipinski definition) is 1. The van der Waals surface area contributed by atoms with Gasteiger partial charge in [-0.05, 0) is 50.1 Å². The highest BCUT2D eigenvalue weighted by atomic mass is 15.2. The van der Waals surface area contributed by atoms with E-state index in [1.54, 1.807) is 0 Å². The van der Waals surface area contributed by atoms with E-state index >= 15 is 0 Å². The van der Waals surface area contributed by atoms with Crippen LogP contribution in [-0.4, -0.2) is 36.1 Å². The van der Waals surface area contributed by atoms with Crippen molar-refractivity contribution in [1.82, 2.24) is 15.2 Å². The Kier molecular flexibility index (Phi) is 4.86. The summed E-state index contributed by atoms with van der Waals surface area (Å²) >= 11 is 0. The van der Waals surface area contributed by atoms with E-state index in [1.807, 2.05) is 12.4 Å². The van der Waals surface area contributed by atoms with Crippen molar-refractivity contribution < 1.29 is 0 Å². The maximum absolute atomic E-state index is 4.19. The number of nitrogens with one attached hydrogen (secondary N) is 1. The smallest absolute Gasteiger partial charge is 0.0603 e. The molecule has 1 aliphatic rings. The van der Waals surface area contributed by atoms with Crippen molar-refractivity contribution in [3.05, 3.63) is 65.0 Å². The lowest BCUT2D eigenvalue weighted by atomic mass is 9.94. The first kappa shape index (κ1) is 15.2. The molecule has 1 aromatic carbocycles. The molecule has 22 heavy (non-hydrogen) atoms. The Morgan fingerprint density at radius 1 is 0.955 bits per heavy atom. The molecule has 0 amide bonds. The molecule has 2 aromatic rings. The lowest BCUT2D eigenvalue weighted by Gasteiger charge is -2.31. The van der Waals surface area contributed by atoms with Gasteiger partial charge < -0.3 is 5.32 Å². The topological polar surface area (TPSA) is 28.2 Å². The quantitative estimate of drug-likeness (QED) is 0.943. The largest absolute Gasteiger partial charge is 0.315 e. The van der Waals surface area contributed by atoms with Crippen LogP contribution in [0, 0.1) is 13.8 Å². The molecule has 2 heterocycles. The first-order valence-corrected chi connectivity index (χ1v) is 8.17. The molecule has 1 N–H and O–H groups in total. The van der Waals surface area contributed by atoms with Gasteiger partial charge in [0.2, 0.25) is 0 Å². The minimum Gasteiger partial charge on any atom is -0.315 e. The van der Waals surface area contributed by atoms with Gasteiger partial charge in [-0.1, -0.05) is 29.3 Å². The monoisotopic (exact) mass is 295 g/mol. The van der Waals surface area contributed by atoms with Gasteiger partial charge in [0.1, 0.15) is 0 Å². The average Bonchev–Trinajstić information content (AvgIpc) is 2.77. The summed E-state index contributed by atoms with van der Waals surface area (Å²) in [5.74, 6) is 0. The van der Waals surface area contributed by atoms with E-state index in [9.17, 15) is 0 Å². The van der Waals surface area contributed by atoms with E-state index < -0.39 is 0 Å². The van der Waals surface area contributed by atoms with Gasteiger partial charge in [0.15, 0.2) is 0 Å². The van der Waals surface area contributed by atoms with Crippen LogP contribution in [0.15, 0.2) is 42.7 Å². The average molecular weight is 295 g/mol. The molecular weight excluding hydrogens is 270 g/mol. The summed E-state index contributed by atoms with van der Waals surface area (Å²) in [5, 5.41) is 3.50. The number of hydrogen-bond acceptors (Lipinski definition) is 3. The van der Waals surface area contributed by atoms with E-state index in [0.29, 0.717) is 6.04 Å². The van der Waals surface area contributed by atoms with Crippen LogP contribution in [0.25, 0.3) is 0 Å². The lowest BCUT2D eigenvalue weighted by Crippen LogP contribution is -2.33. The molecule has 1 aliphatic heterocycles. The predicted octanol–water partition coefficient (Wildman–Crippen LogP) is 3.08. The van der Waals surface area contributed by atoms with Gasteiger partial charge in [-0.15, -0.1) is 0 Å². The lowest BCUT2D eigenvalue weighted by molar-refractivity contribution is 0.241. The molecule has 1 atom stereocenters. The third-order valence-corrected chi connectivity index (χ3v) is 4.32. The van der Waals surface area contributed by atoms with E-state index in [1.165, 1.54) is 28.7 Å². The number of rotatable bonds is 3. The summed E-state index contributed by atoms with van der Waals surface area (Å²) in [4.78, 5) is 6.79. The van der Waals surface area contributed by atoms with Crippen molar-refractivity contribution in [2.24, 2.45) is 0 Å². The van der Waals surface area contributed by atoms with Gasteiger partial charge in [0.05, 0.1) is 6.04 Å². The minimum atomic E-state index is 0.321. The molecule has 1 fully saturated rings. The van der Waals surface area contributed by atoms with Crippen LogP contribution in [0.3, 0.4) is 0 Å². The fourth-order valence-electron chi connectivity index (χ4n) is 3.45. The molecular formula is C19H25N3. The normalized spacial score (nSPS) is 17.9. The molecule has 1 aromatic heterocycles. The molecule has 0 bridgehead atoms. The second-order valence-electron chi connectivity index (χ2n) is 6.24. The first-order valence-electron chi connectivity index (χ1n) is 8.17. The van der Waals surface area contributed by atoms with Crippen LogP contribution in [-0.2, 0) is 0 Å². The number of aryl methyl sites for hydroxylation is 2. The summed E-state index contributed by atoms with van der Waals surface area (Å²) in [6.07, 6.45) is 5.01. The van der Waals surface area contributed by atoms with Crippen molar-refractivity contribution in [2.45, 2.75) is 26.3 Å². The first-order chi connectivity index (χ1) is 10.7. The molecule has 0 saturated carbocycles. The summed E-state index contributed by atoms with van der Waals surface area (Å²) in [6, 6.07) is 11.5. The molecule has 3 heteroatoms. The molecule has 3 nitrogen and oxygen atoms in total. The fraction of sp³-hybridized carbons (Fsp3) is 0.421. The van der Waals surface area contributed by atoms with Crippen LogP contribution >= 0.6 is 0 Å². The summed E-state index contributed by atoms with van der Waals surface area (Å²) < 4.78 is 0. The Morgan fingerprint density at radius 3 is 2.41 bits per heavy atom.